The van der Waals surface area contributed by atoms with Gasteiger partial charge in [0.25, 0.3) is 0 Å². The molecule has 5 nitrogen and oxygen atoms in total. The van der Waals surface area contributed by atoms with Crippen LogP contribution in [0, 0.1) is 12.7 Å². The minimum atomic E-state index is -0.372. The largest absolute Gasteiger partial charge is 0.464 e. The molecule has 0 aliphatic heterocycles. The molecule has 34 heavy (non-hydrogen) atoms. The van der Waals surface area contributed by atoms with Crippen molar-refractivity contribution in [3.63, 3.8) is 0 Å². The van der Waals surface area contributed by atoms with Crippen LogP contribution in [-0.2, 0) is 29.0 Å². The van der Waals surface area contributed by atoms with Gasteiger partial charge in [0.05, 0.1) is 13.1 Å². The number of benzene rings is 2. The summed E-state index contributed by atoms with van der Waals surface area (Å²) in [5.41, 5.74) is 1.55. The van der Waals surface area contributed by atoms with E-state index in [-0.39, 0.29) is 24.8 Å². The summed E-state index contributed by atoms with van der Waals surface area (Å²) in [5.74, 6) is 1.13. The number of carbonyl (C=O) groups is 1. The number of hydrogen-bond donors (Lipinski definition) is 0. The second-order valence-electron chi connectivity index (χ2n) is 8.32. The van der Waals surface area contributed by atoms with Crippen LogP contribution in [0.5, 0.6) is 0 Å². The number of rotatable bonds is 13. The molecule has 1 amide bonds. The van der Waals surface area contributed by atoms with Gasteiger partial charge < -0.3 is 14.1 Å². The Morgan fingerprint density at radius 2 is 1.82 bits per heavy atom. The van der Waals surface area contributed by atoms with Gasteiger partial charge in [0.2, 0.25) is 5.91 Å². The Labute approximate surface area is 206 Å². The van der Waals surface area contributed by atoms with Crippen LogP contribution >= 0.6 is 11.6 Å². The minimum absolute atomic E-state index is 0.0464. The Bertz CT molecular complexity index is 1020. The zero-order chi connectivity index (χ0) is 24.3. The van der Waals surface area contributed by atoms with Crippen molar-refractivity contribution in [2.24, 2.45) is 0 Å². The number of methoxy groups -OCH3 is 1. The van der Waals surface area contributed by atoms with Crippen LogP contribution in [0.2, 0.25) is 5.02 Å². The maximum Gasteiger partial charge on any atom is 0.237 e. The van der Waals surface area contributed by atoms with E-state index in [0.717, 1.165) is 29.9 Å². The SMILES string of the molecule is COCCCN(CC(=O)N(CCc1ccccc1)Cc1ccc(C)o1)Cc1c(F)cccc1Cl. The Hall–Kier alpha value is -2.67. The average Bonchev–Trinajstić information content (AvgIpc) is 3.24. The smallest absolute Gasteiger partial charge is 0.237 e. The van der Waals surface area contributed by atoms with Crippen LogP contribution in [0.15, 0.2) is 65.1 Å². The molecule has 0 bridgehead atoms. The highest BCUT2D eigenvalue weighted by Crippen LogP contribution is 2.21. The number of carbonyl (C=O) groups excluding carboxylic acids is 1. The van der Waals surface area contributed by atoms with E-state index >= 15 is 0 Å². The van der Waals surface area contributed by atoms with E-state index in [4.69, 9.17) is 20.8 Å². The zero-order valence-electron chi connectivity index (χ0n) is 19.8. The fraction of sp³-hybridized carbons (Fsp3) is 0.370. The van der Waals surface area contributed by atoms with Gasteiger partial charge in [-0.3, -0.25) is 9.69 Å². The molecule has 0 fully saturated rings. The fourth-order valence-electron chi connectivity index (χ4n) is 3.80. The molecule has 0 atom stereocenters. The minimum Gasteiger partial charge on any atom is -0.464 e. The van der Waals surface area contributed by atoms with E-state index in [1.165, 1.54) is 6.07 Å². The molecule has 3 aromatic rings. The van der Waals surface area contributed by atoms with Crippen LogP contribution in [0.25, 0.3) is 0 Å². The van der Waals surface area contributed by atoms with Gasteiger partial charge in [0, 0.05) is 43.9 Å². The molecule has 0 saturated carbocycles. The van der Waals surface area contributed by atoms with Crippen LogP contribution in [0.1, 0.15) is 29.1 Å². The number of halogens is 2. The van der Waals surface area contributed by atoms with Crippen LogP contribution < -0.4 is 0 Å². The topological polar surface area (TPSA) is 45.9 Å². The van der Waals surface area contributed by atoms with Crippen molar-refractivity contribution >= 4 is 17.5 Å². The summed E-state index contributed by atoms with van der Waals surface area (Å²) in [5, 5.41) is 0.358. The van der Waals surface area contributed by atoms with Crippen molar-refractivity contribution in [3.05, 3.63) is 94.2 Å². The molecule has 2 aromatic carbocycles. The molecule has 0 saturated heterocycles. The highest BCUT2D eigenvalue weighted by Gasteiger charge is 2.21. The molecule has 1 aromatic heterocycles. The van der Waals surface area contributed by atoms with E-state index in [0.29, 0.717) is 36.8 Å². The second-order valence-corrected chi connectivity index (χ2v) is 8.73. The van der Waals surface area contributed by atoms with Crippen molar-refractivity contribution < 1.29 is 18.3 Å². The van der Waals surface area contributed by atoms with Crippen molar-refractivity contribution in [1.82, 2.24) is 9.80 Å². The van der Waals surface area contributed by atoms with Gasteiger partial charge in [-0.2, -0.15) is 0 Å². The van der Waals surface area contributed by atoms with Gasteiger partial charge in [0.15, 0.2) is 0 Å². The molecular formula is C27H32ClFN2O3. The molecule has 0 N–H and O–H groups in total. The van der Waals surface area contributed by atoms with Crippen molar-refractivity contribution in [2.45, 2.75) is 32.9 Å². The molecule has 1 heterocycles. The first-order chi connectivity index (χ1) is 16.5. The monoisotopic (exact) mass is 486 g/mol. The lowest BCUT2D eigenvalue weighted by molar-refractivity contribution is -0.133. The highest BCUT2D eigenvalue weighted by atomic mass is 35.5. The first-order valence-corrected chi connectivity index (χ1v) is 11.8. The maximum atomic E-state index is 14.4. The van der Waals surface area contributed by atoms with Crippen LogP contribution in [0.3, 0.4) is 0 Å². The predicted molar refractivity (Wildman–Crippen MR) is 132 cm³/mol. The molecule has 0 radical (unpaired) electrons. The maximum absolute atomic E-state index is 14.4. The molecule has 0 unspecified atom stereocenters. The first kappa shape index (κ1) is 25.9. The van der Waals surface area contributed by atoms with E-state index in [1.54, 1.807) is 24.1 Å². The molecule has 0 aliphatic carbocycles. The third kappa shape index (κ3) is 7.97. The quantitative estimate of drug-likeness (QED) is 0.300. The molecular weight excluding hydrogens is 455 g/mol. The molecule has 7 heteroatoms. The number of ether oxygens (including phenoxy) is 1. The van der Waals surface area contributed by atoms with Gasteiger partial charge in [0.1, 0.15) is 17.3 Å². The Morgan fingerprint density at radius 1 is 1.03 bits per heavy atom. The summed E-state index contributed by atoms with van der Waals surface area (Å²) in [6, 6.07) is 18.5. The van der Waals surface area contributed by atoms with E-state index < -0.39 is 0 Å². The number of nitrogens with zero attached hydrogens (tertiary/aromatic N) is 2. The summed E-state index contributed by atoms with van der Waals surface area (Å²) in [4.78, 5) is 17.2. The number of furan rings is 1. The van der Waals surface area contributed by atoms with E-state index in [9.17, 15) is 9.18 Å². The summed E-state index contributed by atoms with van der Waals surface area (Å²) >= 11 is 6.26. The lowest BCUT2D eigenvalue weighted by Crippen LogP contribution is -2.41. The fourth-order valence-corrected chi connectivity index (χ4v) is 4.03. The summed E-state index contributed by atoms with van der Waals surface area (Å²) < 4.78 is 25.4. The average molecular weight is 487 g/mol. The Kier molecular flexibility index (Phi) is 10.1. The first-order valence-electron chi connectivity index (χ1n) is 11.5. The molecule has 0 spiro atoms. The second kappa shape index (κ2) is 13.3. The van der Waals surface area contributed by atoms with Gasteiger partial charge in [-0.15, -0.1) is 0 Å². The summed E-state index contributed by atoms with van der Waals surface area (Å²) in [7, 11) is 1.64. The van der Waals surface area contributed by atoms with E-state index in [2.05, 4.69) is 12.1 Å². The summed E-state index contributed by atoms with van der Waals surface area (Å²) in [6.45, 7) is 4.34. The number of aryl methyl sites for hydroxylation is 1. The number of hydrogen-bond acceptors (Lipinski definition) is 4. The molecule has 182 valence electrons. The Balaban J connectivity index is 1.74. The van der Waals surface area contributed by atoms with Crippen molar-refractivity contribution in [2.75, 3.05) is 33.4 Å². The zero-order valence-corrected chi connectivity index (χ0v) is 20.6. The summed E-state index contributed by atoms with van der Waals surface area (Å²) in [6.07, 6.45) is 1.45. The lowest BCUT2D eigenvalue weighted by Gasteiger charge is -2.27. The highest BCUT2D eigenvalue weighted by molar-refractivity contribution is 6.31. The normalized spacial score (nSPS) is 11.2. The lowest BCUT2D eigenvalue weighted by atomic mass is 10.1. The van der Waals surface area contributed by atoms with Gasteiger partial charge in [-0.1, -0.05) is 48.0 Å². The van der Waals surface area contributed by atoms with Crippen LogP contribution in [-0.4, -0.2) is 49.1 Å². The van der Waals surface area contributed by atoms with Crippen molar-refractivity contribution in [1.29, 1.82) is 0 Å². The van der Waals surface area contributed by atoms with Gasteiger partial charge in [-0.05, 0) is 49.6 Å². The van der Waals surface area contributed by atoms with E-state index in [1.807, 2.05) is 42.2 Å². The van der Waals surface area contributed by atoms with Crippen molar-refractivity contribution in [3.8, 4) is 0 Å². The standard InChI is InChI=1S/C27H32ClFN2O3/c1-21-12-13-23(34-21)18-31(16-14-22-8-4-3-5-9-22)27(32)20-30(15-7-17-33-2)19-24-25(28)10-6-11-26(24)29/h3-6,8-13H,7,14-20H2,1-2H3. The van der Waals surface area contributed by atoms with Gasteiger partial charge >= 0.3 is 0 Å². The Morgan fingerprint density at radius 3 is 2.50 bits per heavy atom. The third-order valence-corrected chi connectivity index (χ3v) is 5.99. The number of amides is 1. The molecule has 0 aliphatic rings. The predicted octanol–water partition coefficient (Wildman–Crippen LogP) is 5.49. The molecule has 3 rings (SSSR count). The van der Waals surface area contributed by atoms with Gasteiger partial charge in [-0.25, -0.2) is 4.39 Å². The third-order valence-electron chi connectivity index (χ3n) is 5.63. The van der Waals surface area contributed by atoms with Crippen LogP contribution in [0.4, 0.5) is 4.39 Å².